The molecule has 158 valence electrons. The maximum atomic E-state index is 14.0. The molecule has 2 aromatic carbocycles. The molecule has 2 heterocycles. The van der Waals surface area contributed by atoms with Crippen molar-refractivity contribution in [3.63, 3.8) is 0 Å². The topological polar surface area (TPSA) is 59.7 Å². The minimum absolute atomic E-state index is 0.219. The largest absolute Gasteiger partial charge is 0.316 e. The summed E-state index contributed by atoms with van der Waals surface area (Å²) in [5.41, 5.74) is 2.81. The van der Waals surface area contributed by atoms with Gasteiger partial charge in [-0.2, -0.15) is 10.2 Å². The van der Waals surface area contributed by atoms with Crippen LogP contribution in [-0.2, 0) is 13.1 Å². The number of hydrogen-bond donors (Lipinski definition) is 2. The van der Waals surface area contributed by atoms with Crippen molar-refractivity contribution in [1.29, 1.82) is 0 Å². The number of benzene rings is 2. The molecule has 0 spiro atoms. The molecule has 31 heavy (non-hydrogen) atoms. The van der Waals surface area contributed by atoms with E-state index in [1.807, 2.05) is 29.1 Å². The van der Waals surface area contributed by atoms with Crippen LogP contribution in [-0.4, -0.2) is 24.7 Å². The highest BCUT2D eigenvalue weighted by molar-refractivity contribution is 7.80. The van der Waals surface area contributed by atoms with E-state index in [9.17, 15) is 4.39 Å². The lowest BCUT2D eigenvalue weighted by Gasteiger charge is -2.08. The second kappa shape index (κ2) is 9.28. The van der Waals surface area contributed by atoms with E-state index < -0.39 is 0 Å². The van der Waals surface area contributed by atoms with Gasteiger partial charge in [-0.1, -0.05) is 41.9 Å². The van der Waals surface area contributed by atoms with Gasteiger partial charge in [0.2, 0.25) is 0 Å². The summed E-state index contributed by atoms with van der Waals surface area (Å²) in [6.07, 6.45) is 3.62. The van der Waals surface area contributed by atoms with E-state index in [0.29, 0.717) is 33.9 Å². The lowest BCUT2D eigenvalue weighted by Crippen LogP contribution is -2.20. The van der Waals surface area contributed by atoms with E-state index in [-0.39, 0.29) is 12.4 Å². The Hall–Kier alpha value is -3.23. The van der Waals surface area contributed by atoms with Crippen LogP contribution in [0.15, 0.2) is 67.0 Å². The average molecular weight is 455 g/mol. The second-order valence-corrected chi connectivity index (χ2v) is 7.82. The number of aromatic nitrogens is 4. The predicted octanol–water partition coefficient (Wildman–Crippen LogP) is 5.09. The Morgan fingerprint density at radius 3 is 2.23 bits per heavy atom. The van der Waals surface area contributed by atoms with Gasteiger partial charge >= 0.3 is 0 Å². The van der Waals surface area contributed by atoms with Crippen molar-refractivity contribution >= 4 is 40.6 Å². The highest BCUT2D eigenvalue weighted by Gasteiger charge is 2.10. The normalized spacial score (nSPS) is 10.8. The summed E-state index contributed by atoms with van der Waals surface area (Å²) in [5.74, 6) is 0.795. The average Bonchev–Trinajstić information content (AvgIpc) is 3.36. The van der Waals surface area contributed by atoms with Crippen molar-refractivity contribution in [2.75, 3.05) is 10.6 Å². The summed E-state index contributed by atoms with van der Waals surface area (Å²) < 4.78 is 17.4. The third-order valence-electron chi connectivity index (χ3n) is 4.74. The molecule has 4 rings (SSSR count). The minimum Gasteiger partial charge on any atom is -0.316 e. The maximum Gasteiger partial charge on any atom is 0.177 e. The Bertz CT molecular complexity index is 1200. The Labute approximate surface area is 189 Å². The van der Waals surface area contributed by atoms with Crippen LogP contribution in [0.5, 0.6) is 0 Å². The first kappa shape index (κ1) is 21.0. The summed E-state index contributed by atoms with van der Waals surface area (Å²) in [6, 6.07) is 16.4. The summed E-state index contributed by atoms with van der Waals surface area (Å²) in [6.45, 7) is 2.98. The zero-order chi connectivity index (χ0) is 21.8. The van der Waals surface area contributed by atoms with E-state index in [4.69, 9.17) is 23.8 Å². The first-order valence-corrected chi connectivity index (χ1v) is 10.4. The van der Waals surface area contributed by atoms with E-state index in [2.05, 4.69) is 39.9 Å². The monoisotopic (exact) mass is 454 g/mol. The molecule has 9 heteroatoms. The summed E-state index contributed by atoms with van der Waals surface area (Å²) >= 11 is 11.4. The van der Waals surface area contributed by atoms with Gasteiger partial charge in [0.05, 0.1) is 13.1 Å². The van der Waals surface area contributed by atoms with Crippen LogP contribution in [0.2, 0.25) is 5.02 Å². The van der Waals surface area contributed by atoms with Crippen molar-refractivity contribution < 1.29 is 4.39 Å². The van der Waals surface area contributed by atoms with Gasteiger partial charge in [0.1, 0.15) is 5.82 Å². The summed E-state index contributed by atoms with van der Waals surface area (Å²) in [4.78, 5) is 0. The lowest BCUT2D eigenvalue weighted by atomic mass is 10.1. The standard InChI is InChI=1S/C22H20ClFN6S/c1-15-5-2-3-6-16(15)13-29-11-9-20(27-29)25-22(31)26-21-10-12-30(28-21)14-17-18(23)7-4-8-19(17)24/h2-12H,13-14H2,1H3,(H2,25,26,27,28,31). The molecule has 0 atom stereocenters. The molecule has 0 saturated carbocycles. The smallest absolute Gasteiger partial charge is 0.177 e. The number of thiocarbonyl (C=S) groups is 1. The van der Waals surface area contributed by atoms with Crippen molar-refractivity contribution in [2.45, 2.75) is 20.0 Å². The van der Waals surface area contributed by atoms with Gasteiger partial charge in [-0.15, -0.1) is 0 Å². The van der Waals surface area contributed by atoms with Crippen LogP contribution in [0, 0.1) is 12.7 Å². The Morgan fingerprint density at radius 1 is 0.935 bits per heavy atom. The van der Waals surface area contributed by atoms with Gasteiger partial charge in [0.25, 0.3) is 0 Å². The number of rotatable bonds is 6. The maximum absolute atomic E-state index is 14.0. The van der Waals surface area contributed by atoms with E-state index >= 15 is 0 Å². The van der Waals surface area contributed by atoms with Crippen LogP contribution in [0.1, 0.15) is 16.7 Å². The number of nitrogens with one attached hydrogen (secondary N) is 2. The fourth-order valence-corrected chi connectivity index (χ4v) is 3.54. The fourth-order valence-electron chi connectivity index (χ4n) is 3.10. The summed E-state index contributed by atoms with van der Waals surface area (Å²) in [5, 5.41) is 15.6. The van der Waals surface area contributed by atoms with Gasteiger partial charge in [0.15, 0.2) is 16.7 Å². The minimum atomic E-state index is -0.365. The molecule has 0 fully saturated rings. The van der Waals surface area contributed by atoms with E-state index in [1.165, 1.54) is 17.2 Å². The van der Waals surface area contributed by atoms with Gasteiger partial charge in [0, 0.05) is 35.1 Å². The summed E-state index contributed by atoms with van der Waals surface area (Å²) in [7, 11) is 0. The molecular formula is C22H20ClFN6S. The first-order valence-electron chi connectivity index (χ1n) is 9.60. The quantitative estimate of drug-likeness (QED) is 0.397. The van der Waals surface area contributed by atoms with E-state index in [0.717, 1.165) is 0 Å². The molecule has 6 nitrogen and oxygen atoms in total. The highest BCUT2D eigenvalue weighted by Crippen LogP contribution is 2.20. The molecule has 0 radical (unpaired) electrons. The highest BCUT2D eigenvalue weighted by atomic mass is 35.5. The Kier molecular flexibility index (Phi) is 6.29. The number of hydrogen-bond acceptors (Lipinski definition) is 3. The van der Waals surface area contributed by atoms with Crippen LogP contribution < -0.4 is 10.6 Å². The third kappa shape index (κ3) is 5.28. The number of aryl methyl sites for hydroxylation is 1. The fraction of sp³-hybridized carbons (Fsp3) is 0.136. The second-order valence-electron chi connectivity index (χ2n) is 7.00. The molecular weight excluding hydrogens is 435 g/mol. The zero-order valence-corrected chi connectivity index (χ0v) is 18.3. The molecule has 0 bridgehead atoms. The van der Waals surface area contributed by atoms with Crippen LogP contribution >= 0.6 is 23.8 Å². The van der Waals surface area contributed by atoms with Crippen molar-refractivity contribution in [3.05, 3.63) is 94.5 Å². The zero-order valence-electron chi connectivity index (χ0n) is 16.7. The van der Waals surface area contributed by atoms with Gasteiger partial charge in [-0.05, 0) is 42.4 Å². The number of nitrogens with zero attached hydrogens (tertiary/aromatic N) is 4. The van der Waals surface area contributed by atoms with E-state index in [1.54, 1.807) is 29.1 Å². The molecule has 0 aliphatic carbocycles. The SMILES string of the molecule is Cc1ccccc1Cn1ccc(NC(=S)Nc2ccn(Cc3c(F)cccc3Cl)n2)n1. The first-order chi connectivity index (χ1) is 15.0. The molecule has 2 aromatic heterocycles. The van der Waals surface area contributed by atoms with Crippen molar-refractivity contribution in [3.8, 4) is 0 Å². The molecule has 4 aromatic rings. The van der Waals surface area contributed by atoms with Gasteiger partial charge in [-0.25, -0.2) is 4.39 Å². The molecule has 0 amide bonds. The number of anilines is 2. The predicted molar refractivity (Wildman–Crippen MR) is 125 cm³/mol. The molecule has 0 saturated heterocycles. The van der Waals surface area contributed by atoms with Crippen molar-refractivity contribution in [2.24, 2.45) is 0 Å². The van der Waals surface area contributed by atoms with Crippen LogP contribution in [0.4, 0.5) is 16.0 Å². The van der Waals surface area contributed by atoms with Crippen LogP contribution in [0.25, 0.3) is 0 Å². The third-order valence-corrected chi connectivity index (χ3v) is 5.30. The Morgan fingerprint density at radius 2 is 1.58 bits per heavy atom. The molecule has 0 aliphatic heterocycles. The Balaban J connectivity index is 1.35. The molecule has 0 unspecified atom stereocenters. The molecule has 0 aliphatic rings. The molecule has 2 N–H and O–H groups in total. The van der Waals surface area contributed by atoms with Gasteiger partial charge < -0.3 is 10.6 Å². The lowest BCUT2D eigenvalue weighted by molar-refractivity contribution is 0.586. The number of halogens is 2. The van der Waals surface area contributed by atoms with Gasteiger partial charge in [-0.3, -0.25) is 9.36 Å². The van der Waals surface area contributed by atoms with Crippen molar-refractivity contribution in [1.82, 2.24) is 19.6 Å². The van der Waals surface area contributed by atoms with Crippen LogP contribution in [0.3, 0.4) is 0 Å².